The van der Waals surface area contributed by atoms with Crippen LogP contribution in [-0.4, -0.2) is 19.6 Å². The van der Waals surface area contributed by atoms with Gasteiger partial charge in [-0.2, -0.15) is 5.26 Å². The normalized spacial score (nSPS) is 9.56. The van der Waals surface area contributed by atoms with Crippen LogP contribution in [-0.2, 0) is 9.53 Å². The Balaban J connectivity index is 2.10. The van der Waals surface area contributed by atoms with E-state index >= 15 is 0 Å². The molecule has 18 heavy (non-hydrogen) atoms. The number of nitriles is 1. The second kappa shape index (κ2) is 8.13. The molecule has 0 aliphatic carbocycles. The van der Waals surface area contributed by atoms with E-state index in [9.17, 15) is 4.79 Å². The van der Waals surface area contributed by atoms with Crippen LogP contribution in [0.5, 0.6) is 0 Å². The van der Waals surface area contributed by atoms with Gasteiger partial charge in [0.05, 0.1) is 18.7 Å². The Morgan fingerprint density at radius 2 is 2.00 bits per heavy atom. The number of carbonyl (C=O) groups is 1. The van der Waals surface area contributed by atoms with E-state index in [2.05, 4.69) is 16.1 Å². The summed E-state index contributed by atoms with van der Waals surface area (Å²) in [4.78, 5) is 10.9. The third-order valence-corrected chi connectivity index (χ3v) is 2.63. The van der Waals surface area contributed by atoms with Crippen LogP contribution in [0.15, 0.2) is 24.3 Å². The lowest BCUT2D eigenvalue weighted by atomic mass is 10.2. The van der Waals surface area contributed by atoms with Crippen molar-refractivity contribution < 1.29 is 9.53 Å². The maximum Gasteiger partial charge on any atom is 0.305 e. The van der Waals surface area contributed by atoms with Crippen molar-refractivity contribution in [3.63, 3.8) is 0 Å². The van der Waals surface area contributed by atoms with Crippen LogP contribution in [0.1, 0.15) is 31.2 Å². The van der Waals surface area contributed by atoms with E-state index in [-0.39, 0.29) is 5.97 Å². The molecular weight excluding hydrogens is 228 g/mol. The van der Waals surface area contributed by atoms with Crippen LogP contribution >= 0.6 is 0 Å². The van der Waals surface area contributed by atoms with Gasteiger partial charge in [0, 0.05) is 18.7 Å². The number of carbonyl (C=O) groups excluding carboxylic acids is 1. The molecule has 1 rings (SSSR count). The van der Waals surface area contributed by atoms with Gasteiger partial charge < -0.3 is 10.1 Å². The van der Waals surface area contributed by atoms with Crippen molar-refractivity contribution in [1.82, 2.24) is 0 Å². The van der Waals surface area contributed by atoms with Crippen molar-refractivity contribution in [2.45, 2.75) is 25.7 Å². The first-order chi connectivity index (χ1) is 8.76. The molecule has 0 heterocycles. The van der Waals surface area contributed by atoms with Crippen molar-refractivity contribution in [3.8, 4) is 6.07 Å². The van der Waals surface area contributed by atoms with E-state index in [0.717, 1.165) is 31.5 Å². The third-order valence-electron chi connectivity index (χ3n) is 2.63. The van der Waals surface area contributed by atoms with Crippen molar-refractivity contribution >= 4 is 11.7 Å². The minimum atomic E-state index is -0.143. The number of esters is 1. The van der Waals surface area contributed by atoms with E-state index in [0.29, 0.717) is 12.0 Å². The quantitative estimate of drug-likeness (QED) is 0.593. The summed E-state index contributed by atoms with van der Waals surface area (Å²) in [6, 6.07) is 9.46. The predicted molar refractivity (Wildman–Crippen MR) is 70.1 cm³/mol. The predicted octanol–water partition coefficient (Wildman–Crippen LogP) is 2.70. The van der Waals surface area contributed by atoms with Gasteiger partial charge in [0.25, 0.3) is 0 Å². The number of ether oxygens (including phenoxy) is 1. The lowest BCUT2D eigenvalue weighted by Crippen LogP contribution is -2.03. The Kier molecular flexibility index (Phi) is 6.34. The molecule has 1 aromatic carbocycles. The Bertz CT molecular complexity index is 407. The standard InChI is InChI=1S/C14H18N2O2/c1-18-14(17)5-3-2-4-10-16-13-8-6-12(11-15)7-9-13/h6-9,16H,2-5,10H2,1H3. The number of rotatable bonds is 7. The average molecular weight is 246 g/mol. The number of hydrogen-bond donors (Lipinski definition) is 1. The summed E-state index contributed by atoms with van der Waals surface area (Å²) in [5.41, 5.74) is 1.68. The molecule has 0 saturated carbocycles. The average Bonchev–Trinajstić information content (AvgIpc) is 2.43. The summed E-state index contributed by atoms with van der Waals surface area (Å²) < 4.78 is 4.57. The Morgan fingerprint density at radius 3 is 2.61 bits per heavy atom. The van der Waals surface area contributed by atoms with Crippen molar-refractivity contribution in [3.05, 3.63) is 29.8 Å². The number of hydrogen-bond acceptors (Lipinski definition) is 4. The summed E-state index contributed by atoms with van der Waals surface area (Å²) in [6.45, 7) is 0.868. The number of anilines is 1. The van der Waals surface area contributed by atoms with Crippen LogP contribution in [0.2, 0.25) is 0 Å². The first-order valence-corrected chi connectivity index (χ1v) is 6.07. The van der Waals surface area contributed by atoms with Crippen molar-refractivity contribution in [1.29, 1.82) is 5.26 Å². The molecule has 0 aliphatic rings. The molecule has 0 bridgehead atoms. The molecule has 0 unspecified atom stereocenters. The molecule has 1 N–H and O–H groups in total. The van der Waals surface area contributed by atoms with Gasteiger partial charge in [-0.15, -0.1) is 0 Å². The fourth-order valence-corrected chi connectivity index (χ4v) is 1.57. The lowest BCUT2D eigenvalue weighted by Gasteiger charge is -2.06. The Labute approximate surface area is 108 Å². The van der Waals surface area contributed by atoms with E-state index in [1.54, 1.807) is 12.1 Å². The number of nitrogens with one attached hydrogen (secondary N) is 1. The third kappa shape index (κ3) is 5.35. The van der Waals surface area contributed by atoms with Gasteiger partial charge in [-0.25, -0.2) is 0 Å². The number of unbranched alkanes of at least 4 members (excludes halogenated alkanes) is 2. The zero-order chi connectivity index (χ0) is 13.2. The van der Waals surface area contributed by atoms with Gasteiger partial charge in [0.2, 0.25) is 0 Å². The summed E-state index contributed by atoms with van der Waals surface area (Å²) in [5, 5.41) is 11.9. The SMILES string of the molecule is COC(=O)CCCCCNc1ccc(C#N)cc1. The molecule has 0 fully saturated rings. The zero-order valence-electron chi connectivity index (χ0n) is 10.6. The topological polar surface area (TPSA) is 62.1 Å². The molecule has 0 aromatic heterocycles. The molecule has 4 nitrogen and oxygen atoms in total. The molecule has 0 aliphatic heterocycles. The van der Waals surface area contributed by atoms with Gasteiger partial charge in [-0.05, 0) is 37.1 Å². The minimum Gasteiger partial charge on any atom is -0.469 e. The largest absolute Gasteiger partial charge is 0.469 e. The van der Waals surface area contributed by atoms with Gasteiger partial charge in [0.15, 0.2) is 0 Å². The molecule has 0 atom stereocenters. The Morgan fingerprint density at radius 1 is 1.28 bits per heavy atom. The fraction of sp³-hybridized carbons (Fsp3) is 0.429. The monoisotopic (exact) mass is 246 g/mol. The molecule has 1 aromatic rings. The summed E-state index contributed by atoms with van der Waals surface area (Å²) in [6.07, 6.45) is 3.37. The van der Waals surface area contributed by atoms with Gasteiger partial charge >= 0.3 is 5.97 Å². The summed E-state index contributed by atoms with van der Waals surface area (Å²) in [7, 11) is 1.41. The van der Waals surface area contributed by atoms with Crippen LogP contribution in [0.25, 0.3) is 0 Å². The molecule has 0 amide bonds. The fourth-order valence-electron chi connectivity index (χ4n) is 1.57. The molecule has 0 spiro atoms. The molecule has 96 valence electrons. The van der Waals surface area contributed by atoms with E-state index in [4.69, 9.17) is 5.26 Å². The highest BCUT2D eigenvalue weighted by Gasteiger charge is 1.99. The van der Waals surface area contributed by atoms with Crippen molar-refractivity contribution in [2.75, 3.05) is 19.0 Å². The lowest BCUT2D eigenvalue weighted by molar-refractivity contribution is -0.140. The number of methoxy groups -OCH3 is 1. The Hall–Kier alpha value is -2.02. The zero-order valence-corrected chi connectivity index (χ0v) is 10.6. The highest BCUT2D eigenvalue weighted by atomic mass is 16.5. The summed E-state index contributed by atoms with van der Waals surface area (Å²) in [5.74, 6) is -0.143. The van der Waals surface area contributed by atoms with Gasteiger partial charge in [0.1, 0.15) is 0 Å². The van der Waals surface area contributed by atoms with Gasteiger partial charge in [-0.3, -0.25) is 4.79 Å². The highest BCUT2D eigenvalue weighted by molar-refractivity contribution is 5.68. The van der Waals surface area contributed by atoms with E-state index in [1.807, 2.05) is 12.1 Å². The smallest absolute Gasteiger partial charge is 0.305 e. The van der Waals surface area contributed by atoms with Crippen LogP contribution in [0, 0.1) is 11.3 Å². The first kappa shape index (κ1) is 14.0. The van der Waals surface area contributed by atoms with Crippen LogP contribution < -0.4 is 5.32 Å². The minimum absolute atomic E-state index is 0.143. The van der Waals surface area contributed by atoms with Crippen molar-refractivity contribution in [2.24, 2.45) is 0 Å². The van der Waals surface area contributed by atoms with Crippen LogP contribution in [0.4, 0.5) is 5.69 Å². The van der Waals surface area contributed by atoms with E-state index in [1.165, 1.54) is 7.11 Å². The molecule has 0 saturated heterocycles. The van der Waals surface area contributed by atoms with E-state index < -0.39 is 0 Å². The highest BCUT2D eigenvalue weighted by Crippen LogP contribution is 2.09. The molecule has 0 radical (unpaired) electrons. The molecule has 4 heteroatoms. The first-order valence-electron chi connectivity index (χ1n) is 6.07. The maximum atomic E-state index is 10.9. The second-order valence-electron chi connectivity index (χ2n) is 4.00. The van der Waals surface area contributed by atoms with Gasteiger partial charge in [-0.1, -0.05) is 6.42 Å². The molecular formula is C14H18N2O2. The second-order valence-corrected chi connectivity index (χ2v) is 4.00. The summed E-state index contributed by atoms with van der Waals surface area (Å²) >= 11 is 0. The number of benzene rings is 1. The van der Waals surface area contributed by atoms with Crippen LogP contribution in [0.3, 0.4) is 0 Å². The number of nitrogens with zero attached hydrogens (tertiary/aromatic N) is 1. The maximum absolute atomic E-state index is 10.9.